The number of primary amides is 1. The zero-order chi connectivity index (χ0) is 22.6. The molecule has 0 unspecified atom stereocenters. The van der Waals surface area contributed by atoms with E-state index in [1.54, 1.807) is 24.3 Å². The molecular formula is C24H32Cl2FN3O2. The van der Waals surface area contributed by atoms with Crippen LogP contribution in [0.25, 0.3) is 0 Å². The number of hydrogen-bond donors (Lipinski definition) is 2. The van der Waals surface area contributed by atoms with Gasteiger partial charge in [-0.25, -0.2) is 4.39 Å². The molecule has 2 atom stereocenters. The quantitative estimate of drug-likeness (QED) is 0.600. The summed E-state index contributed by atoms with van der Waals surface area (Å²) in [5, 5.41) is 12.1. The molecule has 0 saturated carbocycles. The van der Waals surface area contributed by atoms with E-state index in [2.05, 4.69) is 9.80 Å². The molecule has 2 aromatic carbocycles. The summed E-state index contributed by atoms with van der Waals surface area (Å²) in [4.78, 5) is 16.1. The average molecular weight is 484 g/mol. The minimum absolute atomic E-state index is 0. The second kappa shape index (κ2) is 11.4. The van der Waals surface area contributed by atoms with Crippen molar-refractivity contribution in [2.24, 2.45) is 11.7 Å². The molecule has 32 heavy (non-hydrogen) atoms. The lowest BCUT2D eigenvalue weighted by atomic mass is 9.75. The highest BCUT2D eigenvalue weighted by atomic mass is 35.5. The van der Waals surface area contributed by atoms with Crippen molar-refractivity contribution in [3.8, 4) is 0 Å². The van der Waals surface area contributed by atoms with Gasteiger partial charge in [-0.3, -0.25) is 4.79 Å². The maximum Gasteiger partial charge on any atom is 0.248 e. The van der Waals surface area contributed by atoms with Crippen molar-refractivity contribution in [3.05, 3.63) is 70.0 Å². The minimum Gasteiger partial charge on any atom is -0.385 e. The average Bonchev–Trinajstić information content (AvgIpc) is 2.71. The van der Waals surface area contributed by atoms with Gasteiger partial charge in [0.05, 0.1) is 5.60 Å². The molecule has 0 bridgehead atoms. The number of benzene rings is 2. The van der Waals surface area contributed by atoms with Gasteiger partial charge in [0, 0.05) is 36.1 Å². The molecule has 1 heterocycles. The molecule has 8 heteroatoms. The number of nitrogens with two attached hydrogens (primary N) is 1. The van der Waals surface area contributed by atoms with Crippen molar-refractivity contribution in [1.29, 1.82) is 0 Å². The van der Waals surface area contributed by atoms with E-state index < -0.39 is 11.5 Å². The van der Waals surface area contributed by atoms with Crippen molar-refractivity contribution in [1.82, 2.24) is 9.80 Å². The molecule has 1 aliphatic rings. The molecule has 0 spiro atoms. The van der Waals surface area contributed by atoms with Crippen molar-refractivity contribution in [2.75, 3.05) is 40.3 Å². The highest BCUT2D eigenvalue weighted by molar-refractivity contribution is 6.31. The molecule has 1 amide bonds. The normalized spacial score (nSPS) is 21.4. The monoisotopic (exact) mass is 483 g/mol. The summed E-state index contributed by atoms with van der Waals surface area (Å²) in [5.41, 5.74) is 6.53. The van der Waals surface area contributed by atoms with E-state index in [1.165, 1.54) is 12.1 Å². The Hall–Kier alpha value is -1.70. The lowest BCUT2D eigenvalue weighted by Gasteiger charge is -2.46. The van der Waals surface area contributed by atoms with E-state index in [1.807, 2.05) is 20.2 Å². The van der Waals surface area contributed by atoms with Crippen molar-refractivity contribution in [2.45, 2.75) is 24.9 Å². The predicted molar refractivity (Wildman–Crippen MR) is 129 cm³/mol. The van der Waals surface area contributed by atoms with E-state index in [0.717, 1.165) is 50.1 Å². The van der Waals surface area contributed by atoms with Crippen LogP contribution in [0.5, 0.6) is 0 Å². The highest BCUT2D eigenvalue weighted by Crippen LogP contribution is 2.38. The number of aryl methyl sites for hydroxylation is 1. The maximum atomic E-state index is 13.2. The van der Waals surface area contributed by atoms with Gasteiger partial charge in [0.1, 0.15) is 5.82 Å². The molecule has 1 fully saturated rings. The van der Waals surface area contributed by atoms with Gasteiger partial charge in [0.2, 0.25) is 5.91 Å². The van der Waals surface area contributed by atoms with Gasteiger partial charge in [-0.2, -0.15) is 0 Å². The summed E-state index contributed by atoms with van der Waals surface area (Å²) in [6.07, 6.45) is 2.25. The van der Waals surface area contributed by atoms with Gasteiger partial charge in [-0.05, 0) is 75.3 Å². The Labute approximate surface area is 200 Å². The molecule has 0 aromatic heterocycles. The van der Waals surface area contributed by atoms with Gasteiger partial charge in [0.25, 0.3) is 0 Å². The first kappa shape index (κ1) is 26.6. The Balaban J connectivity index is 0.00000363. The number of likely N-dealkylation sites (tertiary alicyclic amines) is 1. The van der Waals surface area contributed by atoms with Crippen LogP contribution in [-0.4, -0.2) is 61.1 Å². The fourth-order valence-corrected chi connectivity index (χ4v) is 4.74. The predicted octanol–water partition coefficient (Wildman–Crippen LogP) is 3.70. The number of hydrogen-bond acceptors (Lipinski definition) is 4. The van der Waals surface area contributed by atoms with Crippen LogP contribution in [-0.2, 0) is 12.0 Å². The molecule has 176 valence electrons. The molecule has 0 radical (unpaired) electrons. The SMILES string of the molecule is CN(C)C[C@@H]1CN(CCCc2ccc(F)cc2Cl)CC[C@]1(O)c1cccc(C(N)=O)c1.Cl. The molecule has 1 aliphatic heterocycles. The van der Waals surface area contributed by atoms with Gasteiger partial charge in [0.15, 0.2) is 0 Å². The third-order valence-electron chi connectivity index (χ3n) is 6.13. The van der Waals surface area contributed by atoms with Crippen molar-refractivity contribution in [3.63, 3.8) is 0 Å². The Morgan fingerprint density at radius 1 is 1.31 bits per heavy atom. The number of carbonyl (C=O) groups excluding carboxylic acids is 1. The van der Waals surface area contributed by atoms with Crippen molar-refractivity contribution < 1.29 is 14.3 Å². The van der Waals surface area contributed by atoms with Crippen molar-refractivity contribution >= 4 is 29.9 Å². The summed E-state index contributed by atoms with van der Waals surface area (Å²) in [7, 11) is 3.99. The number of piperidine rings is 1. The highest BCUT2D eigenvalue weighted by Gasteiger charge is 2.43. The summed E-state index contributed by atoms with van der Waals surface area (Å²) in [6.45, 7) is 3.08. The van der Waals surface area contributed by atoms with E-state index >= 15 is 0 Å². The fourth-order valence-electron chi connectivity index (χ4n) is 4.48. The Kier molecular flexibility index (Phi) is 9.49. The molecule has 3 rings (SSSR count). The number of aliphatic hydroxyl groups is 1. The number of nitrogens with zero attached hydrogens (tertiary/aromatic N) is 2. The van der Waals surface area contributed by atoms with Crippen LogP contribution in [0.15, 0.2) is 42.5 Å². The van der Waals surface area contributed by atoms with Crippen LogP contribution in [0.1, 0.15) is 34.3 Å². The Morgan fingerprint density at radius 2 is 2.06 bits per heavy atom. The van der Waals surface area contributed by atoms with Crippen LogP contribution in [0.2, 0.25) is 5.02 Å². The fraction of sp³-hybridized carbons (Fsp3) is 0.458. The Morgan fingerprint density at radius 3 is 2.72 bits per heavy atom. The topological polar surface area (TPSA) is 69.8 Å². The second-order valence-electron chi connectivity index (χ2n) is 8.72. The molecule has 0 aliphatic carbocycles. The van der Waals surface area contributed by atoms with Gasteiger partial charge in [-0.15, -0.1) is 12.4 Å². The van der Waals surface area contributed by atoms with Gasteiger partial charge >= 0.3 is 0 Å². The summed E-state index contributed by atoms with van der Waals surface area (Å²) >= 11 is 6.15. The molecule has 1 saturated heterocycles. The zero-order valence-corrected chi connectivity index (χ0v) is 20.1. The van der Waals surface area contributed by atoms with Gasteiger partial charge in [-0.1, -0.05) is 29.8 Å². The molecule has 3 N–H and O–H groups in total. The summed E-state index contributed by atoms with van der Waals surface area (Å²) in [5.74, 6) is -0.837. The van der Waals surface area contributed by atoms with Crippen LogP contribution < -0.4 is 5.73 Å². The number of rotatable bonds is 8. The minimum atomic E-state index is -1.02. The molecule has 2 aromatic rings. The van der Waals surface area contributed by atoms with Crippen LogP contribution in [0.3, 0.4) is 0 Å². The lowest BCUT2D eigenvalue weighted by Crippen LogP contribution is -2.53. The third-order valence-corrected chi connectivity index (χ3v) is 6.48. The second-order valence-corrected chi connectivity index (χ2v) is 9.13. The first-order chi connectivity index (χ1) is 14.7. The largest absolute Gasteiger partial charge is 0.385 e. The molecular weight excluding hydrogens is 452 g/mol. The van der Waals surface area contributed by atoms with Gasteiger partial charge < -0.3 is 20.6 Å². The Bertz CT molecular complexity index is 928. The van der Waals surface area contributed by atoms with E-state index in [0.29, 0.717) is 17.0 Å². The first-order valence-corrected chi connectivity index (χ1v) is 11.0. The third kappa shape index (κ3) is 6.42. The van der Waals surface area contributed by atoms with Crippen LogP contribution in [0, 0.1) is 11.7 Å². The first-order valence-electron chi connectivity index (χ1n) is 10.6. The standard InChI is InChI=1S/C24H31ClFN3O2.ClH/c1-28(2)15-20-16-29(11-4-6-17-8-9-21(26)14-22(17)25)12-10-24(20,31)19-7-3-5-18(13-19)23(27)30;/h3,5,7-9,13-14,20,31H,4,6,10-12,15-16H2,1-2H3,(H2,27,30);1H/t20-,24+;/m1./s1. The van der Waals surface area contributed by atoms with Crippen LogP contribution >= 0.6 is 24.0 Å². The number of carbonyl (C=O) groups is 1. The summed E-state index contributed by atoms with van der Waals surface area (Å²) < 4.78 is 13.2. The van der Waals surface area contributed by atoms with E-state index in [9.17, 15) is 14.3 Å². The smallest absolute Gasteiger partial charge is 0.248 e. The number of amides is 1. The van der Waals surface area contributed by atoms with Crippen LogP contribution in [0.4, 0.5) is 4.39 Å². The summed E-state index contributed by atoms with van der Waals surface area (Å²) in [6, 6.07) is 11.6. The van der Waals surface area contributed by atoms with E-state index in [4.69, 9.17) is 17.3 Å². The lowest BCUT2D eigenvalue weighted by molar-refractivity contribution is -0.0846. The van der Waals surface area contributed by atoms with E-state index in [-0.39, 0.29) is 24.1 Å². The molecule has 5 nitrogen and oxygen atoms in total. The zero-order valence-electron chi connectivity index (χ0n) is 18.6. The number of halogens is 3. The maximum absolute atomic E-state index is 13.2.